The maximum absolute atomic E-state index is 12.6. The minimum Gasteiger partial charge on any atom is -0.495 e. The van der Waals surface area contributed by atoms with Gasteiger partial charge in [-0.1, -0.05) is 35.0 Å². The summed E-state index contributed by atoms with van der Waals surface area (Å²) < 4.78 is 10.7. The molecule has 0 saturated carbocycles. The molecule has 4 aromatic rings. The van der Waals surface area contributed by atoms with Crippen molar-refractivity contribution in [1.82, 2.24) is 5.16 Å². The van der Waals surface area contributed by atoms with Gasteiger partial charge in [-0.25, -0.2) is 0 Å². The molecule has 1 amide bonds. The second-order valence-corrected chi connectivity index (χ2v) is 7.06. The molecule has 31 heavy (non-hydrogen) atoms. The number of ether oxygens (including phenoxy) is 1. The number of carbonyl (C=O) groups excluding carboxylic acids is 1. The summed E-state index contributed by atoms with van der Waals surface area (Å²) in [7, 11) is 1.51. The van der Waals surface area contributed by atoms with Crippen molar-refractivity contribution in [3.05, 3.63) is 82.9 Å². The first-order valence-electron chi connectivity index (χ1n) is 9.30. The van der Waals surface area contributed by atoms with E-state index in [0.717, 1.165) is 10.9 Å². The van der Waals surface area contributed by atoms with Crippen LogP contribution >= 0.6 is 11.6 Å². The van der Waals surface area contributed by atoms with E-state index in [4.69, 9.17) is 20.9 Å². The van der Waals surface area contributed by atoms with Gasteiger partial charge >= 0.3 is 0 Å². The van der Waals surface area contributed by atoms with Gasteiger partial charge in [0.05, 0.1) is 18.2 Å². The van der Waals surface area contributed by atoms with Crippen LogP contribution in [0.4, 0.5) is 5.69 Å². The van der Waals surface area contributed by atoms with Crippen molar-refractivity contribution in [2.45, 2.75) is 0 Å². The smallest absolute Gasteiger partial charge is 0.266 e. The van der Waals surface area contributed by atoms with E-state index < -0.39 is 5.91 Å². The lowest BCUT2D eigenvalue weighted by molar-refractivity contribution is -0.112. The van der Waals surface area contributed by atoms with Gasteiger partial charge in [-0.05, 0) is 60.2 Å². The van der Waals surface area contributed by atoms with Crippen molar-refractivity contribution >= 4 is 40.2 Å². The average molecular weight is 430 g/mol. The summed E-state index contributed by atoms with van der Waals surface area (Å²) in [4.78, 5) is 12.6. The number of aromatic nitrogens is 1. The number of para-hydroxylation sites is 2. The highest BCUT2D eigenvalue weighted by Crippen LogP contribution is 2.31. The van der Waals surface area contributed by atoms with Crippen molar-refractivity contribution in [1.29, 1.82) is 5.26 Å². The fourth-order valence-electron chi connectivity index (χ4n) is 3.11. The number of amides is 1. The monoisotopic (exact) mass is 429 g/mol. The van der Waals surface area contributed by atoms with Gasteiger partial charge in [0.15, 0.2) is 5.76 Å². The first-order valence-corrected chi connectivity index (χ1v) is 9.68. The topological polar surface area (TPSA) is 88.1 Å². The Bertz CT molecular complexity index is 1330. The van der Waals surface area contributed by atoms with Gasteiger partial charge in [0.25, 0.3) is 5.91 Å². The van der Waals surface area contributed by atoms with Crippen molar-refractivity contribution in [3.63, 3.8) is 0 Å². The first-order chi connectivity index (χ1) is 15.1. The van der Waals surface area contributed by atoms with Crippen LogP contribution in [0.2, 0.25) is 5.02 Å². The maximum Gasteiger partial charge on any atom is 0.266 e. The van der Waals surface area contributed by atoms with Crippen LogP contribution in [-0.2, 0) is 4.79 Å². The van der Waals surface area contributed by atoms with Crippen LogP contribution in [0.15, 0.2) is 76.8 Å². The van der Waals surface area contributed by atoms with Gasteiger partial charge in [-0.3, -0.25) is 4.79 Å². The SMILES string of the molecule is COc1ccccc1NC(=O)/C(C#N)=C/c1ccc2noc(-c3ccc(Cl)cc3)c2c1. The van der Waals surface area contributed by atoms with Crippen molar-refractivity contribution in [3.8, 4) is 23.1 Å². The molecule has 3 aromatic carbocycles. The summed E-state index contributed by atoms with van der Waals surface area (Å²) in [5.74, 6) is 0.556. The molecule has 0 atom stereocenters. The lowest BCUT2D eigenvalue weighted by atomic mass is 10.0. The molecule has 0 fully saturated rings. The summed E-state index contributed by atoms with van der Waals surface area (Å²) >= 11 is 5.97. The molecular weight excluding hydrogens is 414 g/mol. The molecule has 4 rings (SSSR count). The number of methoxy groups -OCH3 is 1. The maximum atomic E-state index is 12.6. The molecular formula is C24H16ClN3O3. The normalized spacial score (nSPS) is 11.2. The zero-order valence-corrected chi connectivity index (χ0v) is 17.2. The van der Waals surface area contributed by atoms with E-state index in [1.165, 1.54) is 13.2 Å². The lowest BCUT2D eigenvalue weighted by Crippen LogP contribution is -2.14. The van der Waals surface area contributed by atoms with E-state index in [2.05, 4.69) is 10.5 Å². The number of nitrogens with one attached hydrogen (secondary N) is 1. The summed E-state index contributed by atoms with van der Waals surface area (Å²) in [6, 6.07) is 21.5. The van der Waals surface area contributed by atoms with Crippen LogP contribution in [0.5, 0.6) is 5.75 Å². The van der Waals surface area contributed by atoms with Crippen LogP contribution in [0.1, 0.15) is 5.56 Å². The first kappa shape index (κ1) is 20.2. The third kappa shape index (κ3) is 4.27. The molecule has 152 valence electrons. The second kappa shape index (κ2) is 8.74. The Morgan fingerprint density at radius 1 is 1.16 bits per heavy atom. The molecule has 0 aliphatic carbocycles. The van der Waals surface area contributed by atoms with Gasteiger partial charge in [0, 0.05) is 10.6 Å². The minimum atomic E-state index is -0.532. The van der Waals surface area contributed by atoms with Crippen LogP contribution in [0.3, 0.4) is 0 Å². The van der Waals surface area contributed by atoms with Crippen LogP contribution in [0, 0.1) is 11.3 Å². The molecule has 0 radical (unpaired) electrons. The number of carbonyl (C=O) groups is 1. The van der Waals surface area contributed by atoms with E-state index in [1.54, 1.807) is 48.5 Å². The van der Waals surface area contributed by atoms with Crippen molar-refractivity contribution in [2.24, 2.45) is 0 Å². The fourth-order valence-corrected chi connectivity index (χ4v) is 3.24. The van der Waals surface area contributed by atoms with E-state index in [-0.39, 0.29) is 5.57 Å². The lowest BCUT2D eigenvalue weighted by Gasteiger charge is -2.09. The van der Waals surface area contributed by atoms with Crippen molar-refractivity contribution < 1.29 is 14.1 Å². The highest BCUT2D eigenvalue weighted by atomic mass is 35.5. The quantitative estimate of drug-likeness (QED) is 0.324. The van der Waals surface area contributed by atoms with Crippen LogP contribution in [0.25, 0.3) is 28.3 Å². The van der Waals surface area contributed by atoms with Gasteiger partial charge in [-0.2, -0.15) is 5.26 Å². The molecule has 0 aliphatic heterocycles. The number of benzene rings is 3. The predicted molar refractivity (Wildman–Crippen MR) is 120 cm³/mol. The minimum absolute atomic E-state index is 0.0465. The van der Waals surface area contributed by atoms with Crippen LogP contribution in [-0.4, -0.2) is 18.2 Å². The highest BCUT2D eigenvalue weighted by Gasteiger charge is 2.14. The molecule has 0 bridgehead atoms. The zero-order chi connectivity index (χ0) is 21.8. The zero-order valence-electron chi connectivity index (χ0n) is 16.4. The Morgan fingerprint density at radius 2 is 1.94 bits per heavy atom. The molecule has 7 heteroatoms. The van der Waals surface area contributed by atoms with Gasteiger partial charge in [0.1, 0.15) is 22.9 Å². The second-order valence-electron chi connectivity index (χ2n) is 6.62. The Hall–Kier alpha value is -4.08. The Morgan fingerprint density at radius 3 is 2.68 bits per heavy atom. The Labute approximate surface area is 183 Å². The number of anilines is 1. The van der Waals surface area contributed by atoms with Gasteiger partial charge in [-0.15, -0.1) is 0 Å². The number of nitrogens with zero attached hydrogens (tertiary/aromatic N) is 2. The van der Waals surface area contributed by atoms with Gasteiger partial charge < -0.3 is 14.6 Å². The van der Waals surface area contributed by atoms with Crippen molar-refractivity contribution in [2.75, 3.05) is 12.4 Å². The molecule has 0 unspecified atom stereocenters. The number of hydrogen-bond donors (Lipinski definition) is 1. The fraction of sp³-hybridized carbons (Fsp3) is 0.0417. The third-order valence-corrected chi connectivity index (χ3v) is 4.89. The number of halogens is 1. The van der Waals surface area contributed by atoms with E-state index in [9.17, 15) is 10.1 Å². The van der Waals surface area contributed by atoms with Crippen LogP contribution < -0.4 is 10.1 Å². The number of nitriles is 1. The third-order valence-electron chi connectivity index (χ3n) is 4.64. The number of fused-ring (bicyclic) bond motifs is 1. The Balaban J connectivity index is 1.67. The Kier molecular flexibility index (Phi) is 5.69. The number of rotatable bonds is 5. The molecule has 1 heterocycles. The van der Waals surface area contributed by atoms with E-state index >= 15 is 0 Å². The molecule has 0 saturated heterocycles. The summed E-state index contributed by atoms with van der Waals surface area (Å²) in [6.45, 7) is 0. The van der Waals surface area contributed by atoms with Gasteiger partial charge in [0.2, 0.25) is 0 Å². The molecule has 0 aliphatic rings. The predicted octanol–water partition coefficient (Wildman–Crippen LogP) is 5.70. The van der Waals surface area contributed by atoms with E-state index in [0.29, 0.717) is 33.3 Å². The number of hydrogen-bond acceptors (Lipinski definition) is 5. The average Bonchev–Trinajstić information content (AvgIpc) is 3.21. The molecule has 1 aromatic heterocycles. The summed E-state index contributed by atoms with van der Waals surface area (Å²) in [6.07, 6.45) is 1.52. The molecule has 1 N–H and O–H groups in total. The summed E-state index contributed by atoms with van der Waals surface area (Å²) in [5.41, 5.74) is 2.59. The largest absolute Gasteiger partial charge is 0.495 e. The molecule has 6 nitrogen and oxygen atoms in total. The highest BCUT2D eigenvalue weighted by molar-refractivity contribution is 6.30. The van der Waals surface area contributed by atoms with E-state index in [1.807, 2.05) is 24.3 Å². The standard InChI is InChI=1S/C24H16ClN3O3/c1-30-22-5-3-2-4-21(22)27-24(29)17(14-26)12-15-6-11-20-19(13-15)23(31-28-20)16-7-9-18(25)10-8-16/h2-13H,1H3,(H,27,29)/b17-12+. The summed E-state index contributed by atoms with van der Waals surface area (Å²) in [5, 5.41) is 17.7. The molecule has 0 spiro atoms.